The van der Waals surface area contributed by atoms with Gasteiger partial charge in [-0.15, -0.1) is 0 Å². The van der Waals surface area contributed by atoms with Crippen LogP contribution in [0.5, 0.6) is 0 Å². The van der Waals surface area contributed by atoms with Crippen molar-refractivity contribution < 1.29 is 0 Å². The SMILES string of the molecule is NC(N)=NCCc1cn(Cc2cccc(Cl)c2)c2ccccc12. The Hall–Kier alpha value is -2.46. The first-order valence-electron chi connectivity index (χ1n) is 7.50. The van der Waals surface area contributed by atoms with Gasteiger partial charge in [-0.3, -0.25) is 4.99 Å². The van der Waals surface area contributed by atoms with Crippen LogP contribution in [0, 0.1) is 0 Å². The molecule has 4 N–H and O–H groups in total. The van der Waals surface area contributed by atoms with Gasteiger partial charge in [-0.1, -0.05) is 41.9 Å². The van der Waals surface area contributed by atoms with E-state index in [0.717, 1.165) is 18.0 Å². The number of rotatable bonds is 5. The van der Waals surface area contributed by atoms with E-state index in [4.69, 9.17) is 23.1 Å². The minimum Gasteiger partial charge on any atom is -0.370 e. The molecule has 0 unspecified atom stereocenters. The van der Waals surface area contributed by atoms with E-state index < -0.39 is 0 Å². The molecule has 23 heavy (non-hydrogen) atoms. The van der Waals surface area contributed by atoms with Gasteiger partial charge in [0.15, 0.2) is 5.96 Å². The zero-order chi connectivity index (χ0) is 16.2. The predicted octanol–water partition coefficient (Wildman–Crippen LogP) is 3.16. The number of hydrogen-bond donors (Lipinski definition) is 2. The Balaban J connectivity index is 1.92. The Morgan fingerprint density at radius 2 is 1.91 bits per heavy atom. The fourth-order valence-electron chi connectivity index (χ4n) is 2.79. The van der Waals surface area contributed by atoms with Crippen molar-refractivity contribution in [3.63, 3.8) is 0 Å². The fraction of sp³-hybridized carbons (Fsp3) is 0.167. The molecule has 0 fully saturated rings. The number of halogens is 1. The maximum Gasteiger partial charge on any atom is 0.185 e. The smallest absolute Gasteiger partial charge is 0.185 e. The average molecular weight is 327 g/mol. The largest absolute Gasteiger partial charge is 0.370 e. The van der Waals surface area contributed by atoms with Gasteiger partial charge in [0.1, 0.15) is 0 Å². The third kappa shape index (κ3) is 3.66. The van der Waals surface area contributed by atoms with E-state index in [1.54, 1.807) is 0 Å². The molecule has 1 heterocycles. The highest BCUT2D eigenvalue weighted by Crippen LogP contribution is 2.23. The summed E-state index contributed by atoms with van der Waals surface area (Å²) in [6, 6.07) is 16.3. The molecule has 4 nitrogen and oxygen atoms in total. The summed E-state index contributed by atoms with van der Waals surface area (Å²) in [5.41, 5.74) is 14.4. The minimum absolute atomic E-state index is 0.132. The number of nitrogens with two attached hydrogens (primary N) is 2. The molecular formula is C18H19ClN4. The second-order valence-corrected chi connectivity index (χ2v) is 5.92. The van der Waals surface area contributed by atoms with E-state index in [-0.39, 0.29) is 5.96 Å². The molecule has 0 spiro atoms. The van der Waals surface area contributed by atoms with E-state index in [1.165, 1.54) is 22.0 Å². The van der Waals surface area contributed by atoms with Crippen molar-refractivity contribution in [3.8, 4) is 0 Å². The van der Waals surface area contributed by atoms with Crippen LogP contribution < -0.4 is 11.5 Å². The lowest BCUT2D eigenvalue weighted by Gasteiger charge is -2.06. The van der Waals surface area contributed by atoms with Crippen molar-refractivity contribution in [1.82, 2.24) is 4.57 Å². The number of hydrogen-bond acceptors (Lipinski definition) is 1. The number of aromatic nitrogens is 1. The molecule has 1 aromatic heterocycles. The molecule has 5 heteroatoms. The van der Waals surface area contributed by atoms with E-state index in [0.29, 0.717) is 6.54 Å². The Kier molecular flexibility index (Phi) is 4.53. The lowest BCUT2D eigenvalue weighted by Crippen LogP contribution is -2.23. The molecular weight excluding hydrogens is 308 g/mol. The molecule has 0 saturated heterocycles. The van der Waals surface area contributed by atoms with Crippen LogP contribution >= 0.6 is 11.6 Å². The lowest BCUT2D eigenvalue weighted by atomic mass is 10.1. The fourth-order valence-corrected chi connectivity index (χ4v) is 3.00. The standard InChI is InChI=1S/C18H19ClN4/c19-15-5-3-4-13(10-15)11-23-12-14(8-9-22-18(20)21)16-6-1-2-7-17(16)23/h1-7,10,12H,8-9,11H2,(H4,20,21,22). The summed E-state index contributed by atoms with van der Waals surface area (Å²) in [4.78, 5) is 4.08. The van der Waals surface area contributed by atoms with Gasteiger partial charge >= 0.3 is 0 Å². The first-order valence-corrected chi connectivity index (χ1v) is 7.88. The topological polar surface area (TPSA) is 69.3 Å². The average Bonchev–Trinajstić information content (AvgIpc) is 2.85. The summed E-state index contributed by atoms with van der Waals surface area (Å²) in [6.07, 6.45) is 2.98. The Morgan fingerprint density at radius 3 is 2.70 bits per heavy atom. The van der Waals surface area contributed by atoms with E-state index in [9.17, 15) is 0 Å². The third-order valence-corrected chi connectivity index (χ3v) is 4.02. The van der Waals surface area contributed by atoms with Crippen LogP contribution in [0.3, 0.4) is 0 Å². The summed E-state index contributed by atoms with van der Waals surface area (Å²) >= 11 is 6.09. The second kappa shape index (κ2) is 6.75. The van der Waals surface area contributed by atoms with Crippen LogP contribution in [0.2, 0.25) is 5.02 Å². The van der Waals surface area contributed by atoms with Crippen molar-refractivity contribution >= 4 is 28.5 Å². The van der Waals surface area contributed by atoms with Gasteiger partial charge in [-0.25, -0.2) is 0 Å². The number of nitrogens with zero attached hydrogens (tertiary/aromatic N) is 2. The van der Waals surface area contributed by atoms with Crippen LogP contribution in [0.4, 0.5) is 0 Å². The van der Waals surface area contributed by atoms with Gasteiger partial charge in [0.25, 0.3) is 0 Å². The quantitative estimate of drug-likeness (QED) is 0.558. The van der Waals surface area contributed by atoms with Crippen molar-refractivity contribution in [2.45, 2.75) is 13.0 Å². The van der Waals surface area contributed by atoms with Crippen molar-refractivity contribution in [2.75, 3.05) is 6.54 Å². The Morgan fingerprint density at radius 1 is 1.09 bits per heavy atom. The molecule has 0 aliphatic heterocycles. The zero-order valence-electron chi connectivity index (χ0n) is 12.7. The molecule has 0 atom stereocenters. The van der Waals surface area contributed by atoms with Crippen molar-refractivity contribution in [1.29, 1.82) is 0 Å². The van der Waals surface area contributed by atoms with Gasteiger partial charge in [0.2, 0.25) is 0 Å². The number of aliphatic imine (C=N–C) groups is 1. The first-order chi connectivity index (χ1) is 11.1. The zero-order valence-corrected chi connectivity index (χ0v) is 13.5. The highest BCUT2D eigenvalue weighted by molar-refractivity contribution is 6.30. The summed E-state index contributed by atoms with van der Waals surface area (Å²) in [5.74, 6) is 0.132. The van der Waals surface area contributed by atoms with Crippen LogP contribution in [-0.2, 0) is 13.0 Å². The molecule has 0 bridgehead atoms. The molecule has 0 amide bonds. The normalized spacial score (nSPS) is 10.8. The minimum atomic E-state index is 0.132. The molecule has 0 aliphatic rings. The van der Waals surface area contributed by atoms with Crippen LogP contribution in [0.15, 0.2) is 59.7 Å². The number of benzene rings is 2. The van der Waals surface area contributed by atoms with Crippen molar-refractivity contribution in [3.05, 3.63) is 70.9 Å². The van der Waals surface area contributed by atoms with Gasteiger partial charge in [-0.05, 0) is 35.7 Å². The summed E-state index contributed by atoms with van der Waals surface area (Å²) in [7, 11) is 0. The van der Waals surface area contributed by atoms with Crippen LogP contribution in [0.1, 0.15) is 11.1 Å². The molecule has 3 aromatic rings. The molecule has 0 radical (unpaired) electrons. The molecule has 118 valence electrons. The highest BCUT2D eigenvalue weighted by Gasteiger charge is 2.08. The molecule has 0 saturated carbocycles. The van der Waals surface area contributed by atoms with Crippen molar-refractivity contribution in [2.24, 2.45) is 16.5 Å². The van der Waals surface area contributed by atoms with Gasteiger partial charge in [0.05, 0.1) is 0 Å². The summed E-state index contributed by atoms with van der Waals surface area (Å²) < 4.78 is 2.24. The van der Waals surface area contributed by atoms with Gasteiger partial charge in [0, 0.05) is 35.2 Å². The van der Waals surface area contributed by atoms with Crippen LogP contribution in [-0.4, -0.2) is 17.1 Å². The van der Waals surface area contributed by atoms with E-state index >= 15 is 0 Å². The second-order valence-electron chi connectivity index (χ2n) is 5.49. The monoisotopic (exact) mass is 326 g/mol. The summed E-state index contributed by atoms with van der Waals surface area (Å²) in [6.45, 7) is 1.37. The molecule has 3 rings (SSSR count). The lowest BCUT2D eigenvalue weighted by molar-refractivity contribution is 0.827. The Labute approximate surface area is 140 Å². The highest BCUT2D eigenvalue weighted by atomic mass is 35.5. The van der Waals surface area contributed by atoms with Crippen LogP contribution in [0.25, 0.3) is 10.9 Å². The third-order valence-electron chi connectivity index (χ3n) is 3.79. The summed E-state index contributed by atoms with van der Waals surface area (Å²) in [5, 5.41) is 1.99. The first kappa shape index (κ1) is 15.4. The maximum atomic E-state index is 6.09. The number of para-hydroxylation sites is 1. The van der Waals surface area contributed by atoms with E-state index in [2.05, 4.69) is 46.1 Å². The van der Waals surface area contributed by atoms with E-state index in [1.807, 2.05) is 18.2 Å². The van der Waals surface area contributed by atoms with Gasteiger partial charge < -0.3 is 16.0 Å². The number of fused-ring (bicyclic) bond motifs is 1. The maximum absolute atomic E-state index is 6.09. The number of guanidine groups is 1. The predicted molar refractivity (Wildman–Crippen MR) is 96.9 cm³/mol. The molecule has 0 aliphatic carbocycles. The van der Waals surface area contributed by atoms with Gasteiger partial charge in [-0.2, -0.15) is 0 Å². The molecule has 2 aromatic carbocycles. The Bertz CT molecular complexity index is 847.